The van der Waals surface area contributed by atoms with Gasteiger partial charge < -0.3 is 15.4 Å². The van der Waals surface area contributed by atoms with Crippen molar-refractivity contribution in [2.75, 3.05) is 13.7 Å². The van der Waals surface area contributed by atoms with Gasteiger partial charge in [0.2, 0.25) is 0 Å². The number of hydrogen-bond acceptors (Lipinski definition) is 2. The van der Waals surface area contributed by atoms with Crippen LogP contribution in [0.2, 0.25) is 0 Å². The van der Waals surface area contributed by atoms with Gasteiger partial charge >= 0.3 is 6.03 Å². The van der Waals surface area contributed by atoms with Crippen LogP contribution in [0.1, 0.15) is 25.0 Å². The molecule has 20 heavy (non-hydrogen) atoms. The van der Waals surface area contributed by atoms with Crippen molar-refractivity contribution >= 4 is 6.03 Å². The second kappa shape index (κ2) is 6.75. The highest BCUT2D eigenvalue weighted by atomic mass is 16.5. The molecule has 0 spiro atoms. The SMILES string of the molecule is COC[C@H](NC(=O)NC1Cc2ccccc2C1)C(C)C. The second-order valence-corrected chi connectivity index (χ2v) is 5.80. The number of carbonyl (C=O) groups excluding carboxylic acids is 1. The van der Waals surface area contributed by atoms with Gasteiger partial charge in [0.05, 0.1) is 12.6 Å². The van der Waals surface area contributed by atoms with E-state index in [9.17, 15) is 4.79 Å². The Labute approximate surface area is 120 Å². The fraction of sp³-hybridized carbons (Fsp3) is 0.562. The summed E-state index contributed by atoms with van der Waals surface area (Å²) in [4.78, 5) is 12.1. The number of methoxy groups -OCH3 is 1. The van der Waals surface area contributed by atoms with Crippen molar-refractivity contribution in [1.29, 1.82) is 0 Å². The minimum absolute atomic E-state index is 0.0452. The number of fused-ring (bicyclic) bond motifs is 1. The van der Waals surface area contributed by atoms with Crippen molar-refractivity contribution in [2.45, 2.75) is 38.8 Å². The molecule has 4 nitrogen and oxygen atoms in total. The number of benzene rings is 1. The molecule has 1 atom stereocenters. The number of amides is 2. The number of hydrogen-bond donors (Lipinski definition) is 2. The molecule has 0 heterocycles. The van der Waals surface area contributed by atoms with E-state index in [1.54, 1.807) is 7.11 Å². The van der Waals surface area contributed by atoms with E-state index in [-0.39, 0.29) is 18.1 Å². The third-order valence-corrected chi connectivity index (χ3v) is 3.85. The largest absolute Gasteiger partial charge is 0.383 e. The monoisotopic (exact) mass is 276 g/mol. The van der Waals surface area contributed by atoms with Crippen LogP contribution >= 0.6 is 0 Å². The summed E-state index contributed by atoms with van der Waals surface area (Å²) in [6.45, 7) is 4.70. The van der Waals surface area contributed by atoms with Crippen LogP contribution in [0.15, 0.2) is 24.3 Å². The van der Waals surface area contributed by atoms with E-state index in [1.807, 2.05) is 0 Å². The molecule has 110 valence electrons. The van der Waals surface area contributed by atoms with Gasteiger partial charge in [0.1, 0.15) is 0 Å². The maximum absolute atomic E-state index is 12.1. The summed E-state index contributed by atoms with van der Waals surface area (Å²) < 4.78 is 5.14. The fourth-order valence-corrected chi connectivity index (χ4v) is 2.64. The summed E-state index contributed by atoms with van der Waals surface area (Å²) in [6, 6.07) is 8.52. The molecule has 2 amide bonds. The van der Waals surface area contributed by atoms with Crippen LogP contribution in [0, 0.1) is 5.92 Å². The molecular formula is C16H24N2O2. The van der Waals surface area contributed by atoms with Crippen LogP contribution in [0.25, 0.3) is 0 Å². The van der Waals surface area contributed by atoms with Gasteiger partial charge in [-0.3, -0.25) is 0 Å². The Kier molecular flexibility index (Phi) is 5.01. The molecule has 2 N–H and O–H groups in total. The van der Waals surface area contributed by atoms with Gasteiger partial charge in [0.25, 0.3) is 0 Å². The van der Waals surface area contributed by atoms with E-state index in [0.717, 1.165) is 12.8 Å². The Morgan fingerprint density at radius 3 is 2.40 bits per heavy atom. The van der Waals surface area contributed by atoms with Gasteiger partial charge in [-0.15, -0.1) is 0 Å². The average molecular weight is 276 g/mol. The molecular weight excluding hydrogens is 252 g/mol. The Bertz CT molecular complexity index is 435. The third kappa shape index (κ3) is 3.73. The molecule has 1 aromatic carbocycles. The van der Waals surface area contributed by atoms with Gasteiger partial charge in [0.15, 0.2) is 0 Å². The molecule has 0 bridgehead atoms. The zero-order valence-electron chi connectivity index (χ0n) is 12.5. The van der Waals surface area contributed by atoms with E-state index in [2.05, 4.69) is 48.7 Å². The summed E-state index contributed by atoms with van der Waals surface area (Å²) >= 11 is 0. The summed E-state index contributed by atoms with van der Waals surface area (Å²) in [7, 11) is 1.66. The highest BCUT2D eigenvalue weighted by molar-refractivity contribution is 5.74. The molecule has 2 rings (SSSR count). The van der Waals surface area contributed by atoms with Crippen LogP contribution in [-0.4, -0.2) is 31.8 Å². The Hall–Kier alpha value is -1.55. The van der Waals surface area contributed by atoms with Gasteiger partial charge in [-0.2, -0.15) is 0 Å². The predicted molar refractivity (Wildman–Crippen MR) is 79.8 cm³/mol. The summed E-state index contributed by atoms with van der Waals surface area (Å²) in [6.07, 6.45) is 1.83. The highest BCUT2D eigenvalue weighted by Crippen LogP contribution is 2.21. The number of carbonyl (C=O) groups is 1. The van der Waals surface area contributed by atoms with Crippen LogP contribution < -0.4 is 10.6 Å². The first-order valence-electron chi connectivity index (χ1n) is 7.23. The molecule has 1 aliphatic rings. The molecule has 0 saturated heterocycles. The van der Waals surface area contributed by atoms with Crippen LogP contribution in [0.3, 0.4) is 0 Å². The standard InChI is InChI=1S/C16H24N2O2/c1-11(2)15(10-20-3)18-16(19)17-14-8-12-6-4-5-7-13(12)9-14/h4-7,11,14-15H,8-10H2,1-3H3,(H2,17,18,19)/t15-/m0/s1. The normalized spacial score (nSPS) is 16.0. The Morgan fingerprint density at radius 2 is 1.90 bits per heavy atom. The van der Waals surface area contributed by atoms with E-state index < -0.39 is 0 Å². The lowest BCUT2D eigenvalue weighted by molar-refractivity contribution is 0.147. The summed E-state index contributed by atoms with van der Waals surface area (Å²) in [5.41, 5.74) is 2.69. The smallest absolute Gasteiger partial charge is 0.315 e. The number of ether oxygens (including phenoxy) is 1. The van der Waals surface area contributed by atoms with E-state index in [4.69, 9.17) is 4.74 Å². The van der Waals surface area contributed by atoms with Gasteiger partial charge in [-0.25, -0.2) is 4.79 Å². The maximum atomic E-state index is 12.1. The summed E-state index contributed by atoms with van der Waals surface area (Å²) in [5.74, 6) is 0.349. The van der Waals surface area contributed by atoms with Crippen molar-refractivity contribution in [2.24, 2.45) is 5.92 Å². The quantitative estimate of drug-likeness (QED) is 0.865. The van der Waals surface area contributed by atoms with Crippen molar-refractivity contribution < 1.29 is 9.53 Å². The fourth-order valence-electron chi connectivity index (χ4n) is 2.64. The van der Waals surface area contributed by atoms with E-state index >= 15 is 0 Å². The van der Waals surface area contributed by atoms with Crippen molar-refractivity contribution in [3.63, 3.8) is 0 Å². The molecule has 0 saturated carbocycles. The van der Waals surface area contributed by atoms with Crippen LogP contribution in [-0.2, 0) is 17.6 Å². The van der Waals surface area contributed by atoms with Gasteiger partial charge in [0, 0.05) is 13.2 Å². The topological polar surface area (TPSA) is 50.4 Å². The van der Waals surface area contributed by atoms with Crippen molar-refractivity contribution in [3.05, 3.63) is 35.4 Å². The lowest BCUT2D eigenvalue weighted by Crippen LogP contribution is -2.49. The average Bonchev–Trinajstić information content (AvgIpc) is 2.79. The van der Waals surface area contributed by atoms with Gasteiger partial charge in [-0.05, 0) is 29.9 Å². The van der Waals surface area contributed by atoms with Crippen LogP contribution in [0.5, 0.6) is 0 Å². The lowest BCUT2D eigenvalue weighted by atomic mass is 10.1. The molecule has 0 aromatic heterocycles. The van der Waals surface area contributed by atoms with E-state index in [1.165, 1.54) is 11.1 Å². The Balaban J connectivity index is 1.84. The number of nitrogens with one attached hydrogen (secondary N) is 2. The molecule has 4 heteroatoms. The molecule has 1 aliphatic carbocycles. The van der Waals surface area contributed by atoms with Gasteiger partial charge in [-0.1, -0.05) is 38.1 Å². The molecule has 0 aliphatic heterocycles. The third-order valence-electron chi connectivity index (χ3n) is 3.85. The lowest BCUT2D eigenvalue weighted by Gasteiger charge is -2.23. The molecule has 0 fully saturated rings. The molecule has 0 radical (unpaired) electrons. The van der Waals surface area contributed by atoms with Crippen molar-refractivity contribution in [3.8, 4) is 0 Å². The summed E-state index contributed by atoms with van der Waals surface area (Å²) in [5, 5.41) is 6.06. The first-order chi connectivity index (χ1) is 9.60. The molecule has 1 aromatic rings. The maximum Gasteiger partial charge on any atom is 0.315 e. The first kappa shape index (κ1) is 14.9. The zero-order chi connectivity index (χ0) is 14.5. The minimum Gasteiger partial charge on any atom is -0.383 e. The molecule has 0 unspecified atom stereocenters. The number of rotatable bonds is 5. The minimum atomic E-state index is -0.0986. The number of urea groups is 1. The first-order valence-corrected chi connectivity index (χ1v) is 7.23. The van der Waals surface area contributed by atoms with E-state index in [0.29, 0.717) is 12.5 Å². The zero-order valence-corrected chi connectivity index (χ0v) is 12.5. The predicted octanol–water partition coefficient (Wildman–Crippen LogP) is 2.12. The second-order valence-electron chi connectivity index (χ2n) is 5.80. The van der Waals surface area contributed by atoms with Crippen molar-refractivity contribution in [1.82, 2.24) is 10.6 Å². The Morgan fingerprint density at radius 1 is 1.30 bits per heavy atom. The highest BCUT2D eigenvalue weighted by Gasteiger charge is 2.23. The van der Waals surface area contributed by atoms with Crippen LogP contribution in [0.4, 0.5) is 4.79 Å².